The van der Waals surface area contributed by atoms with E-state index in [2.05, 4.69) is 24.5 Å². The Hall–Kier alpha value is -2.08. The number of anilines is 1. The number of benzene rings is 1. The molecule has 0 saturated heterocycles. The summed E-state index contributed by atoms with van der Waals surface area (Å²) in [5, 5.41) is 13.7. The minimum absolute atomic E-state index is 0.144. The molecule has 0 aliphatic rings. The van der Waals surface area contributed by atoms with E-state index in [1.807, 2.05) is 0 Å². The molecule has 1 rings (SSSR count). The third kappa shape index (κ3) is 8.21. The third-order valence-electron chi connectivity index (χ3n) is 3.02. The molecule has 1 aromatic carbocycles. The van der Waals surface area contributed by atoms with Gasteiger partial charge in [0.1, 0.15) is 5.75 Å². The number of carbonyl (C=O) groups excluding carboxylic acids is 2. The molecule has 0 aliphatic carbocycles. The van der Waals surface area contributed by atoms with E-state index < -0.39 is 11.8 Å². The minimum Gasteiger partial charge on any atom is -0.493 e. The lowest BCUT2D eigenvalue weighted by Gasteiger charge is -2.10. The zero-order valence-electron chi connectivity index (χ0n) is 13.8. The second-order valence-corrected chi connectivity index (χ2v) is 5.72. The normalized spacial score (nSPS) is 10.4. The van der Waals surface area contributed by atoms with Gasteiger partial charge in [-0.15, -0.1) is 0 Å². The average Bonchev–Trinajstić information content (AvgIpc) is 2.53. The molecule has 0 spiro atoms. The van der Waals surface area contributed by atoms with Crippen molar-refractivity contribution in [1.82, 2.24) is 5.32 Å². The smallest absolute Gasteiger partial charge is 0.313 e. The van der Waals surface area contributed by atoms with Gasteiger partial charge in [-0.1, -0.05) is 13.8 Å². The molecule has 0 fully saturated rings. The fourth-order valence-corrected chi connectivity index (χ4v) is 1.78. The second-order valence-electron chi connectivity index (χ2n) is 5.72. The van der Waals surface area contributed by atoms with Gasteiger partial charge in [0.15, 0.2) is 0 Å². The van der Waals surface area contributed by atoms with Crippen LogP contribution in [0.1, 0.15) is 33.1 Å². The highest BCUT2D eigenvalue weighted by Gasteiger charge is 2.12. The highest BCUT2D eigenvalue weighted by atomic mass is 16.5. The van der Waals surface area contributed by atoms with E-state index in [0.717, 1.165) is 18.6 Å². The van der Waals surface area contributed by atoms with Crippen molar-refractivity contribution in [3.05, 3.63) is 24.3 Å². The average molecular weight is 322 g/mol. The zero-order valence-corrected chi connectivity index (χ0v) is 13.8. The number of hydrogen-bond donors (Lipinski definition) is 3. The largest absolute Gasteiger partial charge is 0.493 e. The monoisotopic (exact) mass is 322 g/mol. The minimum atomic E-state index is -0.692. The van der Waals surface area contributed by atoms with E-state index in [9.17, 15) is 9.59 Å². The predicted molar refractivity (Wildman–Crippen MR) is 89.4 cm³/mol. The van der Waals surface area contributed by atoms with Gasteiger partial charge in [-0.05, 0) is 49.4 Å². The van der Waals surface area contributed by atoms with Crippen molar-refractivity contribution >= 4 is 17.5 Å². The van der Waals surface area contributed by atoms with Crippen LogP contribution in [0.3, 0.4) is 0 Å². The Morgan fingerprint density at radius 2 is 1.78 bits per heavy atom. The predicted octanol–water partition coefficient (Wildman–Crippen LogP) is 1.94. The quantitative estimate of drug-likeness (QED) is 0.479. The van der Waals surface area contributed by atoms with E-state index in [4.69, 9.17) is 9.84 Å². The lowest BCUT2D eigenvalue weighted by Crippen LogP contribution is -2.35. The highest BCUT2D eigenvalue weighted by Crippen LogP contribution is 2.16. The lowest BCUT2D eigenvalue weighted by molar-refractivity contribution is -0.136. The Balaban J connectivity index is 2.34. The number of aliphatic hydroxyl groups is 1. The fraction of sp³-hybridized carbons (Fsp3) is 0.529. The van der Waals surface area contributed by atoms with Crippen LogP contribution in [0.5, 0.6) is 5.75 Å². The number of rotatable bonds is 9. The summed E-state index contributed by atoms with van der Waals surface area (Å²) < 4.78 is 5.55. The van der Waals surface area contributed by atoms with Gasteiger partial charge in [0.05, 0.1) is 6.61 Å². The molecule has 0 radical (unpaired) electrons. The van der Waals surface area contributed by atoms with Crippen molar-refractivity contribution < 1.29 is 19.4 Å². The topological polar surface area (TPSA) is 87.7 Å². The highest BCUT2D eigenvalue weighted by molar-refractivity contribution is 6.39. The summed E-state index contributed by atoms with van der Waals surface area (Å²) in [6.07, 6.45) is 2.25. The summed E-state index contributed by atoms with van der Waals surface area (Å²) in [4.78, 5) is 23.4. The maximum absolute atomic E-state index is 11.7. The first kappa shape index (κ1) is 19.0. The molecular formula is C17H26N2O4. The summed E-state index contributed by atoms with van der Waals surface area (Å²) in [6, 6.07) is 6.90. The van der Waals surface area contributed by atoms with E-state index >= 15 is 0 Å². The number of nitrogens with one attached hydrogen (secondary N) is 2. The number of carbonyl (C=O) groups is 2. The van der Waals surface area contributed by atoms with E-state index in [1.165, 1.54) is 0 Å². The maximum atomic E-state index is 11.7. The van der Waals surface area contributed by atoms with Crippen molar-refractivity contribution in [1.29, 1.82) is 0 Å². The van der Waals surface area contributed by atoms with Crippen molar-refractivity contribution in [3.8, 4) is 5.75 Å². The van der Waals surface area contributed by atoms with Gasteiger partial charge in [0.25, 0.3) is 0 Å². The fourth-order valence-electron chi connectivity index (χ4n) is 1.78. The maximum Gasteiger partial charge on any atom is 0.313 e. The van der Waals surface area contributed by atoms with Crippen molar-refractivity contribution in [2.45, 2.75) is 33.1 Å². The Morgan fingerprint density at radius 1 is 1.09 bits per heavy atom. The van der Waals surface area contributed by atoms with Gasteiger partial charge in [0.2, 0.25) is 0 Å². The van der Waals surface area contributed by atoms with Crippen LogP contribution in [0.15, 0.2) is 24.3 Å². The molecule has 1 aromatic rings. The summed E-state index contributed by atoms with van der Waals surface area (Å²) >= 11 is 0. The van der Waals surface area contributed by atoms with Crippen LogP contribution in [0.25, 0.3) is 0 Å². The summed E-state index contributed by atoms with van der Waals surface area (Å²) in [5.41, 5.74) is 0.544. The molecule has 0 saturated carbocycles. The molecule has 0 atom stereocenters. The van der Waals surface area contributed by atoms with Crippen LogP contribution in [-0.2, 0) is 9.59 Å². The molecule has 23 heavy (non-hydrogen) atoms. The van der Waals surface area contributed by atoms with Gasteiger partial charge < -0.3 is 20.5 Å². The van der Waals surface area contributed by atoms with Crippen LogP contribution < -0.4 is 15.4 Å². The first-order valence-electron chi connectivity index (χ1n) is 7.96. The third-order valence-corrected chi connectivity index (χ3v) is 3.02. The van der Waals surface area contributed by atoms with Crippen molar-refractivity contribution in [3.63, 3.8) is 0 Å². The summed E-state index contributed by atoms with van der Waals surface area (Å²) in [7, 11) is 0. The number of aliphatic hydroxyl groups excluding tert-OH is 1. The molecule has 2 amide bonds. The van der Waals surface area contributed by atoms with Crippen LogP contribution in [0, 0.1) is 5.92 Å². The van der Waals surface area contributed by atoms with Crippen molar-refractivity contribution in [2.24, 2.45) is 5.92 Å². The Morgan fingerprint density at radius 3 is 2.39 bits per heavy atom. The lowest BCUT2D eigenvalue weighted by atomic mass is 10.2. The van der Waals surface area contributed by atoms with Gasteiger partial charge in [-0.2, -0.15) is 0 Å². The summed E-state index contributed by atoms with van der Waals surface area (Å²) in [5.74, 6) is -0.183. The molecule has 0 bridgehead atoms. The molecule has 0 aromatic heterocycles. The first-order chi connectivity index (χ1) is 11.0. The van der Waals surface area contributed by atoms with Crippen LogP contribution in [0.4, 0.5) is 5.69 Å². The van der Waals surface area contributed by atoms with E-state index in [1.54, 1.807) is 24.3 Å². The molecule has 0 aliphatic heterocycles. The molecule has 0 heterocycles. The van der Waals surface area contributed by atoms with Gasteiger partial charge in [-0.3, -0.25) is 9.59 Å². The number of amides is 2. The first-order valence-corrected chi connectivity index (χ1v) is 7.96. The van der Waals surface area contributed by atoms with E-state index in [0.29, 0.717) is 31.2 Å². The Bertz CT molecular complexity index is 486. The van der Waals surface area contributed by atoms with Gasteiger partial charge in [-0.25, -0.2) is 0 Å². The zero-order chi connectivity index (χ0) is 17.1. The van der Waals surface area contributed by atoms with Gasteiger partial charge in [0, 0.05) is 18.8 Å². The Kier molecular flexibility index (Phi) is 8.75. The number of unbranched alkanes of at least 4 members (excludes halogenated alkanes) is 2. The van der Waals surface area contributed by atoms with Gasteiger partial charge >= 0.3 is 11.8 Å². The molecule has 6 heteroatoms. The SMILES string of the molecule is CC(C)COc1ccc(NC(=O)C(=O)NCCCCCO)cc1. The molecule has 128 valence electrons. The second kappa shape index (κ2) is 10.6. The number of hydrogen-bond acceptors (Lipinski definition) is 4. The van der Waals surface area contributed by atoms with Crippen LogP contribution in [-0.4, -0.2) is 36.7 Å². The molecule has 0 unspecified atom stereocenters. The van der Waals surface area contributed by atoms with E-state index in [-0.39, 0.29) is 6.61 Å². The molecular weight excluding hydrogens is 296 g/mol. The molecule has 6 nitrogen and oxygen atoms in total. The molecule has 3 N–H and O–H groups in total. The van der Waals surface area contributed by atoms with Crippen molar-refractivity contribution in [2.75, 3.05) is 25.1 Å². The summed E-state index contributed by atoms with van der Waals surface area (Å²) in [6.45, 7) is 5.33. The number of ether oxygens (including phenoxy) is 1. The van der Waals surface area contributed by atoms with Crippen LogP contribution >= 0.6 is 0 Å². The standard InChI is InChI=1S/C17H26N2O4/c1-13(2)12-23-15-8-6-14(7-9-15)19-17(22)16(21)18-10-4-3-5-11-20/h6-9,13,20H,3-5,10-12H2,1-2H3,(H,18,21)(H,19,22). The van der Waals surface area contributed by atoms with Crippen LogP contribution in [0.2, 0.25) is 0 Å². The Labute approximate surface area is 137 Å².